The molecule has 0 saturated heterocycles. The van der Waals surface area contributed by atoms with Crippen LogP contribution in [0.3, 0.4) is 0 Å². The molecule has 1 saturated carbocycles. The predicted molar refractivity (Wildman–Crippen MR) is 55.6 cm³/mol. The van der Waals surface area contributed by atoms with E-state index < -0.39 is 0 Å². The van der Waals surface area contributed by atoms with Gasteiger partial charge >= 0.3 is 0 Å². The van der Waals surface area contributed by atoms with Gasteiger partial charge in [0, 0.05) is 18.2 Å². The largest absolute Gasteiger partial charge is 0.326 e. The van der Waals surface area contributed by atoms with Crippen LogP contribution in [0.5, 0.6) is 0 Å². The van der Waals surface area contributed by atoms with Crippen LogP contribution < -0.4 is 11.1 Å². The molecule has 1 fully saturated rings. The van der Waals surface area contributed by atoms with Crippen molar-refractivity contribution in [2.75, 3.05) is 5.32 Å². The standard InChI is InChI=1S/C11H13FN2O/c12-9-3-4-10(8(5-9)6-13)14-11(15)7-1-2-7/h3-5,7H,1-2,6,13H2,(H,14,15). The molecular weight excluding hydrogens is 195 g/mol. The van der Waals surface area contributed by atoms with Crippen molar-refractivity contribution in [2.45, 2.75) is 19.4 Å². The van der Waals surface area contributed by atoms with Crippen LogP contribution >= 0.6 is 0 Å². The summed E-state index contributed by atoms with van der Waals surface area (Å²) < 4.78 is 12.9. The van der Waals surface area contributed by atoms with Gasteiger partial charge in [-0.3, -0.25) is 4.79 Å². The Kier molecular flexibility index (Phi) is 2.68. The monoisotopic (exact) mass is 208 g/mol. The van der Waals surface area contributed by atoms with E-state index in [0.717, 1.165) is 12.8 Å². The van der Waals surface area contributed by atoms with Crippen molar-refractivity contribution in [3.63, 3.8) is 0 Å². The van der Waals surface area contributed by atoms with E-state index in [1.54, 1.807) is 6.07 Å². The topological polar surface area (TPSA) is 55.1 Å². The molecule has 80 valence electrons. The van der Waals surface area contributed by atoms with Gasteiger partial charge in [-0.25, -0.2) is 4.39 Å². The summed E-state index contributed by atoms with van der Waals surface area (Å²) in [5.41, 5.74) is 6.72. The molecule has 1 aromatic rings. The molecule has 0 bridgehead atoms. The zero-order valence-electron chi connectivity index (χ0n) is 8.29. The molecule has 2 rings (SSSR count). The van der Waals surface area contributed by atoms with Crippen LogP contribution in [-0.4, -0.2) is 5.91 Å². The number of hydrogen-bond acceptors (Lipinski definition) is 2. The van der Waals surface area contributed by atoms with E-state index in [4.69, 9.17) is 5.73 Å². The second-order valence-electron chi connectivity index (χ2n) is 3.77. The van der Waals surface area contributed by atoms with Gasteiger partial charge in [0.2, 0.25) is 5.91 Å². The van der Waals surface area contributed by atoms with Crippen LogP contribution in [0.2, 0.25) is 0 Å². The number of amides is 1. The van der Waals surface area contributed by atoms with E-state index in [1.807, 2.05) is 0 Å². The number of benzene rings is 1. The SMILES string of the molecule is NCc1cc(F)ccc1NC(=O)C1CC1. The molecule has 0 radical (unpaired) electrons. The molecule has 1 aliphatic carbocycles. The highest BCUT2D eigenvalue weighted by Gasteiger charge is 2.29. The van der Waals surface area contributed by atoms with E-state index in [0.29, 0.717) is 11.3 Å². The maximum atomic E-state index is 12.9. The molecular formula is C11H13FN2O. The Morgan fingerprint density at radius 2 is 2.27 bits per heavy atom. The number of rotatable bonds is 3. The summed E-state index contributed by atoms with van der Waals surface area (Å²) in [5.74, 6) is -0.183. The molecule has 0 aromatic heterocycles. The van der Waals surface area contributed by atoms with Gasteiger partial charge in [-0.1, -0.05) is 0 Å². The predicted octanol–water partition coefficient (Wildman–Crippen LogP) is 1.63. The number of nitrogens with one attached hydrogen (secondary N) is 1. The van der Waals surface area contributed by atoms with Gasteiger partial charge in [0.1, 0.15) is 5.82 Å². The van der Waals surface area contributed by atoms with Crippen molar-refractivity contribution in [3.8, 4) is 0 Å². The number of anilines is 1. The fourth-order valence-corrected chi connectivity index (χ4v) is 1.43. The van der Waals surface area contributed by atoms with Crippen molar-refractivity contribution in [3.05, 3.63) is 29.6 Å². The van der Waals surface area contributed by atoms with Gasteiger partial charge in [-0.2, -0.15) is 0 Å². The molecule has 1 aliphatic rings. The molecule has 3 N–H and O–H groups in total. The van der Waals surface area contributed by atoms with E-state index in [2.05, 4.69) is 5.32 Å². The Morgan fingerprint density at radius 3 is 2.87 bits per heavy atom. The van der Waals surface area contributed by atoms with Crippen LogP contribution in [0.4, 0.5) is 10.1 Å². The number of hydrogen-bond donors (Lipinski definition) is 2. The fraction of sp³-hybridized carbons (Fsp3) is 0.364. The Balaban J connectivity index is 2.15. The Bertz CT molecular complexity index is 388. The van der Waals surface area contributed by atoms with Crippen molar-refractivity contribution in [2.24, 2.45) is 11.7 Å². The Morgan fingerprint density at radius 1 is 1.53 bits per heavy atom. The van der Waals surface area contributed by atoms with Crippen molar-refractivity contribution >= 4 is 11.6 Å². The second-order valence-corrected chi connectivity index (χ2v) is 3.77. The third-order valence-electron chi connectivity index (χ3n) is 2.49. The van der Waals surface area contributed by atoms with Crippen LogP contribution in [0.25, 0.3) is 0 Å². The van der Waals surface area contributed by atoms with Crippen molar-refractivity contribution in [1.29, 1.82) is 0 Å². The van der Waals surface area contributed by atoms with Crippen LogP contribution in [-0.2, 0) is 11.3 Å². The number of carbonyl (C=O) groups excluding carboxylic acids is 1. The summed E-state index contributed by atoms with van der Waals surface area (Å²) in [6.45, 7) is 0.220. The molecule has 0 spiro atoms. The van der Waals surface area contributed by atoms with Gasteiger partial charge in [0.05, 0.1) is 0 Å². The minimum absolute atomic E-state index is 0.0105. The molecule has 0 unspecified atom stereocenters. The van der Waals surface area contributed by atoms with E-state index in [9.17, 15) is 9.18 Å². The van der Waals surface area contributed by atoms with Gasteiger partial charge in [-0.15, -0.1) is 0 Å². The Hall–Kier alpha value is -1.42. The summed E-state index contributed by atoms with van der Waals surface area (Å²) >= 11 is 0. The first-order valence-corrected chi connectivity index (χ1v) is 5.00. The lowest BCUT2D eigenvalue weighted by molar-refractivity contribution is -0.117. The third-order valence-corrected chi connectivity index (χ3v) is 2.49. The molecule has 4 heteroatoms. The second kappa shape index (κ2) is 3.98. The quantitative estimate of drug-likeness (QED) is 0.793. The van der Waals surface area contributed by atoms with Crippen molar-refractivity contribution < 1.29 is 9.18 Å². The third kappa shape index (κ3) is 2.33. The summed E-state index contributed by atoms with van der Waals surface area (Å²) in [6.07, 6.45) is 1.90. The smallest absolute Gasteiger partial charge is 0.227 e. The number of halogens is 1. The maximum absolute atomic E-state index is 12.9. The lowest BCUT2D eigenvalue weighted by Gasteiger charge is -2.09. The summed E-state index contributed by atoms with van der Waals surface area (Å²) in [6, 6.07) is 4.22. The molecule has 15 heavy (non-hydrogen) atoms. The first kappa shape index (κ1) is 10.1. The normalized spacial score (nSPS) is 15.1. The first-order valence-electron chi connectivity index (χ1n) is 5.00. The summed E-state index contributed by atoms with van der Waals surface area (Å²) in [7, 11) is 0. The van der Waals surface area contributed by atoms with E-state index >= 15 is 0 Å². The lowest BCUT2D eigenvalue weighted by atomic mass is 10.1. The first-order chi connectivity index (χ1) is 7.20. The van der Waals surface area contributed by atoms with Crippen LogP contribution in [0.1, 0.15) is 18.4 Å². The fourth-order valence-electron chi connectivity index (χ4n) is 1.43. The highest BCUT2D eigenvalue weighted by atomic mass is 19.1. The summed E-state index contributed by atoms with van der Waals surface area (Å²) in [4.78, 5) is 11.5. The van der Waals surface area contributed by atoms with Gasteiger partial charge in [0.25, 0.3) is 0 Å². The number of carbonyl (C=O) groups is 1. The highest BCUT2D eigenvalue weighted by Crippen LogP contribution is 2.30. The lowest BCUT2D eigenvalue weighted by Crippen LogP contribution is -2.15. The zero-order chi connectivity index (χ0) is 10.8. The maximum Gasteiger partial charge on any atom is 0.227 e. The van der Waals surface area contributed by atoms with Crippen LogP contribution in [0.15, 0.2) is 18.2 Å². The van der Waals surface area contributed by atoms with Gasteiger partial charge < -0.3 is 11.1 Å². The summed E-state index contributed by atoms with van der Waals surface area (Å²) in [5, 5.41) is 2.76. The molecule has 0 heterocycles. The molecule has 0 aliphatic heterocycles. The van der Waals surface area contributed by atoms with Gasteiger partial charge in [0.15, 0.2) is 0 Å². The van der Waals surface area contributed by atoms with E-state index in [1.165, 1.54) is 12.1 Å². The zero-order valence-corrected chi connectivity index (χ0v) is 8.29. The minimum atomic E-state index is -0.333. The van der Waals surface area contributed by atoms with Crippen LogP contribution in [0, 0.1) is 11.7 Å². The Labute approximate surface area is 87.5 Å². The highest BCUT2D eigenvalue weighted by molar-refractivity contribution is 5.94. The minimum Gasteiger partial charge on any atom is -0.326 e. The number of nitrogens with two attached hydrogens (primary N) is 1. The van der Waals surface area contributed by atoms with Gasteiger partial charge in [-0.05, 0) is 36.6 Å². The molecule has 1 amide bonds. The molecule has 3 nitrogen and oxygen atoms in total. The average Bonchev–Trinajstić information content (AvgIpc) is 3.04. The molecule has 0 atom stereocenters. The van der Waals surface area contributed by atoms with E-state index in [-0.39, 0.29) is 24.2 Å². The van der Waals surface area contributed by atoms with Crippen molar-refractivity contribution in [1.82, 2.24) is 0 Å². The molecule has 1 aromatic carbocycles. The average molecular weight is 208 g/mol.